The summed E-state index contributed by atoms with van der Waals surface area (Å²) < 4.78 is 9.94. The van der Waals surface area contributed by atoms with Crippen molar-refractivity contribution in [2.75, 3.05) is 44.3 Å². The Hall–Kier alpha value is -1.38. The Balaban J connectivity index is 1.59. The van der Waals surface area contributed by atoms with Gasteiger partial charge in [0, 0.05) is 26.2 Å². The van der Waals surface area contributed by atoms with Gasteiger partial charge in [0.1, 0.15) is 10.6 Å². The van der Waals surface area contributed by atoms with Gasteiger partial charge in [0.2, 0.25) is 0 Å². The van der Waals surface area contributed by atoms with E-state index in [0.717, 1.165) is 13.2 Å². The van der Waals surface area contributed by atoms with Crippen molar-refractivity contribution in [1.82, 2.24) is 14.6 Å². The van der Waals surface area contributed by atoms with Gasteiger partial charge in [0.05, 0.1) is 12.7 Å². The fourth-order valence-corrected chi connectivity index (χ4v) is 3.70. The fourth-order valence-electron chi connectivity index (χ4n) is 2.98. The molecule has 2 fully saturated rings. The van der Waals surface area contributed by atoms with Gasteiger partial charge in [0.15, 0.2) is 5.82 Å². The van der Waals surface area contributed by atoms with Crippen LogP contribution in [-0.2, 0) is 4.74 Å². The minimum Gasteiger partial charge on any atom is -0.382 e. The number of hydrogen-bond acceptors (Lipinski definition) is 7. The molecule has 3 rings (SSSR count). The molecule has 0 radical (unpaired) electrons. The van der Waals surface area contributed by atoms with Crippen LogP contribution in [0.15, 0.2) is 0 Å². The number of nitrogen functional groups attached to an aromatic ring is 1. The topological polar surface area (TPSA) is 92.5 Å². The molecule has 0 aromatic carbocycles. The largest absolute Gasteiger partial charge is 0.382 e. The van der Waals surface area contributed by atoms with Crippen LogP contribution in [0, 0.1) is 0 Å². The molecule has 2 aliphatic heterocycles. The number of aromatic nitrogens is 1. The molecule has 0 aliphatic carbocycles. The van der Waals surface area contributed by atoms with Crippen LogP contribution in [0.4, 0.5) is 10.8 Å². The third kappa shape index (κ3) is 2.97. The number of amides is 1. The zero-order valence-corrected chi connectivity index (χ0v) is 12.9. The number of ether oxygens (including phenoxy) is 1. The van der Waals surface area contributed by atoms with Gasteiger partial charge in [-0.25, -0.2) is 0 Å². The Morgan fingerprint density at radius 2 is 2.48 bits per heavy atom. The molecule has 2 saturated heterocycles. The number of anilines is 2. The number of carbonyl (C=O) groups excluding carboxylic acids is 1. The van der Waals surface area contributed by atoms with Crippen LogP contribution in [0.25, 0.3) is 0 Å². The Morgan fingerprint density at radius 1 is 1.62 bits per heavy atom. The van der Waals surface area contributed by atoms with Crippen molar-refractivity contribution < 1.29 is 9.53 Å². The molecule has 3 heterocycles. The van der Waals surface area contributed by atoms with Gasteiger partial charge in [-0.2, -0.15) is 4.37 Å². The Morgan fingerprint density at radius 3 is 3.29 bits per heavy atom. The molecule has 0 spiro atoms. The maximum Gasteiger partial charge on any atom is 0.257 e. The van der Waals surface area contributed by atoms with Gasteiger partial charge < -0.3 is 21.1 Å². The van der Waals surface area contributed by atoms with E-state index in [1.54, 1.807) is 7.05 Å². The average Bonchev–Trinajstić information content (AvgIpc) is 3.10. The molecular formula is C13H21N5O2S. The lowest BCUT2D eigenvalue weighted by molar-refractivity contribution is -0.0415. The summed E-state index contributed by atoms with van der Waals surface area (Å²) in [7, 11) is 1.58. The summed E-state index contributed by atoms with van der Waals surface area (Å²) in [6, 6.07) is 0.599. The summed E-state index contributed by atoms with van der Waals surface area (Å²) in [5.41, 5.74) is 6.18. The van der Waals surface area contributed by atoms with Crippen molar-refractivity contribution >= 4 is 28.3 Å². The molecule has 2 unspecified atom stereocenters. The third-order valence-electron chi connectivity index (χ3n) is 4.12. The number of nitrogens with zero attached hydrogens (tertiary/aromatic N) is 2. The fraction of sp³-hybridized carbons (Fsp3) is 0.692. The molecule has 7 nitrogen and oxygen atoms in total. The van der Waals surface area contributed by atoms with E-state index < -0.39 is 0 Å². The second-order valence-electron chi connectivity index (χ2n) is 5.48. The van der Waals surface area contributed by atoms with Crippen LogP contribution in [0.3, 0.4) is 0 Å². The normalized spacial score (nSPS) is 25.6. The lowest BCUT2D eigenvalue weighted by Crippen LogP contribution is -2.48. The van der Waals surface area contributed by atoms with Gasteiger partial charge in [-0.05, 0) is 30.9 Å². The number of nitrogens with two attached hydrogens (primary N) is 1. The zero-order valence-electron chi connectivity index (χ0n) is 12.1. The van der Waals surface area contributed by atoms with Gasteiger partial charge in [-0.3, -0.25) is 9.69 Å². The van der Waals surface area contributed by atoms with Gasteiger partial charge in [-0.15, -0.1) is 0 Å². The minimum absolute atomic E-state index is 0.139. The summed E-state index contributed by atoms with van der Waals surface area (Å²) in [5.74, 6) is 0.0546. The van der Waals surface area contributed by atoms with Crippen molar-refractivity contribution in [2.24, 2.45) is 0 Å². The van der Waals surface area contributed by atoms with Crippen LogP contribution in [0.1, 0.15) is 23.2 Å². The second-order valence-corrected chi connectivity index (χ2v) is 6.25. The first-order valence-electron chi connectivity index (χ1n) is 7.25. The molecule has 1 amide bonds. The van der Waals surface area contributed by atoms with Crippen molar-refractivity contribution in [3.8, 4) is 0 Å². The summed E-state index contributed by atoms with van der Waals surface area (Å²) in [6.45, 7) is 3.58. The minimum atomic E-state index is -0.215. The molecule has 2 aliphatic rings. The van der Waals surface area contributed by atoms with Crippen molar-refractivity contribution in [3.05, 3.63) is 5.56 Å². The molecule has 2 atom stereocenters. The molecule has 1 aromatic rings. The summed E-state index contributed by atoms with van der Waals surface area (Å²) in [5, 5.41) is 6.55. The van der Waals surface area contributed by atoms with Gasteiger partial charge in [0.25, 0.3) is 5.91 Å². The molecular weight excluding hydrogens is 290 g/mol. The van der Waals surface area contributed by atoms with Crippen molar-refractivity contribution in [3.63, 3.8) is 0 Å². The van der Waals surface area contributed by atoms with E-state index >= 15 is 0 Å². The number of nitrogens with one attached hydrogen (secondary N) is 2. The highest BCUT2D eigenvalue weighted by Crippen LogP contribution is 2.27. The Bertz CT molecular complexity index is 521. The predicted molar refractivity (Wildman–Crippen MR) is 82.7 cm³/mol. The van der Waals surface area contributed by atoms with E-state index in [1.807, 2.05) is 0 Å². The standard InChI is InChI=1S/C13H21N5O2S/c1-15-12(19)10-11(14)17-21-13(10)16-5-9-6-18-4-2-3-8(18)7-20-9/h8-9,16H,2-7H2,1H3,(H2,14,17)(H,15,19). The van der Waals surface area contributed by atoms with Crippen LogP contribution in [-0.4, -0.2) is 60.6 Å². The Kier molecular flexibility index (Phi) is 4.27. The highest BCUT2D eigenvalue weighted by Gasteiger charge is 2.32. The van der Waals surface area contributed by atoms with E-state index in [1.165, 1.54) is 30.9 Å². The lowest BCUT2D eigenvalue weighted by Gasteiger charge is -2.35. The monoisotopic (exact) mass is 311 g/mol. The van der Waals surface area contributed by atoms with E-state index in [2.05, 4.69) is 19.9 Å². The van der Waals surface area contributed by atoms with Gasteiger partial charge in [-0.1, -0.05) is 0 Å². The van der Waals surface area contributed by atoms with E-state index in [4.69, 9.17) is 10.5 Å². The number of hydrogen-bond donors (Lipinski definition) is 3. The zero-order chi connectivity index (χ0) is 14.8. The van der Waals surface area contributed by atoms with E-state index in [-0.39, 0.29) is 17.8 Å². The summed E-state index contributed by atoms with van der Waals surface area (Å²) in [4.78, 5) is 14.3. The molecule has 8 heteroatoms. The first-order valence-corrected chi connectivity index (χ1v) is 8.03. The van der Waals surface area contributed by atoms with Crippen LogP contribution in [0.5, 0.6) is 0 Å². The van der Waals surface area contributed by atoms with Crippen molar-refractivity contribution in [2.45, 2.75) is 25.0 Å². The number of fused-ring (bicyclic) bond motifs is 1. The average molecular weight is 311 g/mol. The highest BCUT2D eigenvalue weighted by molar-refractivity contribution is 7.11. The second kappa shape index (κ2) is 6.17. The number of morpholine rings is 1. The van der Waals surface area contributed by atoms with Crippen LogP contribution < -0.4 is 16.4 Å². The predicted octanol–water partition coefficient (Wildman–Crippen LogP) is 0.360. The molecule has 116 valence electrons. The van der Waals surface area contributed by atoms with Gasteiger partial charge >= 0.3 is 0 Å². The quantitative estimate of drug-likeness (QED) is 0.743. The smallest absolute Gasteiger partial charge is 0.257 e. The molecule has 0 saturated carbocycles. The first kappa shape index (κ1) is 14.6. The maximum atomic E-state index is 11.8. The van der Waals surface area contributed by atoms with Crippen LogP contribution in [0.2, 0.25) is 0 Å². The summed E-state index contributed by atoms with van der Waals surface area (Å²) in [6.07, 6.45) is 2.65. The number of rotatable bonds is 4. The van der Waals surface area contributed by atoms with Crippen molar-refractivity contribution in [1.29, 1.82) is 0 Å². The third-order valence-corrected chi connectivity index (χ3v) is 4.94. The maximum absolute atomic E-state index is 11.8. The SMILES string of the molecule is CNC(=O)c1c(N)nsc1NCC1CN2CCCC2CO1. The molecule has 1 aromatic heterocycles. The van der Waals surface area contributed by atoms with Crippen LogP contribution >= 0.6 is 11.5 Å². The lowest BCUT2D eigenvalue weighted by atomic mass is 10.2. The molecule has 21 heavy (non-hydrogen) atoms. The Labute approximate surface area is 128 Å². The number of carbonyl (C=O) groups is 1. The highest BCUT2D eigenvalue weighted by atomic mass is 32.1. The molecule has 4 N–H and O–H groups in total. The first-order chi connectivity index (χ1) is 10.2. The summed E-state index contributed by atoms with van der Waals surface area (Å²) >= 11 is 1.21. The van der Waals surface area contributed by atoms with E-state index in [9.17, 15) is 4.79 Å². The van der Waals surface area contributed by atoms with E-state index in [0.29, 0.717) is 23.2 Å². The molecule has 0 bridgehead atoms.